The van der Waals surface area contributed by atoms with Crippen molar-refractivity contribution in [1.82, 2.24) is 9.80 Å². The topological polar surface area (TPSA) is 90.0 Å². The third kappa shape index (κ3) is 7.92. The molecule has 0 aliphatic carbocycles. The lowest BCUT2D eigenvalue weighted by Crippen LogP contribution is -2.48. The number of aliphatic carboxylic acids is 1. The fraction of sp³-hybridized carbons (Fsp3) is 0.240. The van der Waals surface area contributed by atoms with Crippen molar-refractivity contribution in [1.29, 1.82) is 0 Å². The van der Waals surface area contributed by atoms with E-state index in [4.69, 9.17) is 9.90 Å². The first-order chi connectivity index (χ1) is 17.1. The lowest BCUT2D eigenvalue weighted by molar-refractivity contribution is -0.192. The minimum atomic E-state index is -5.08. The summed E-state index contributed by atoms with van der Waals surface area (Å²) < 4.78 is 31.7. The summed E-state index contributed by atoms with van der Waals surface area (Å²) in [6.45, 7) is 3.93. The zero-order chi connectivity index (χ0) is 26.1. The molecule has 36 heavy (non-hydrogen) atoms. The van der Waals surface area contributed by atoms with Gasteiger partial charge in [-0.2, -0.15) is 13.2 Å². The molecule has 2 N–H and O–H groups in total. The third-order valence-electron chi connectivity index (χ3n) is 5.26. The first-order valence-electron chi connectivity index (χ1n) is 10.9. The molecule has 190 valence electrons. The predicted octanol–water partition coefficient (Wildman–Crippen LogP) is 4.59. The Kier molecular flexibility index (Phi) is 9.20. The van der Waals surface area contributed by atoms with Gasteiger partial charge in [-0.1, -0.05) is 36.4 Å². The highest BCUT2D eigenvalue weighted by atomic mass is 32.1. The van der Waals surface area contributed by atoms with Crippen LogP contribution in [0.4, 0.5) is 18.9 Å². The minimum absolute atomic E-state index is 0.0785. The van der Waals surface area contributed by atoms with Crippen molar-refractivity contribution in [3.8, 4) is 0 Å². The maximum Gasteiger partial charge on any atom is 0.490 e. The zero-order valence-electron chi connectivity index (χ0n) is 19.1. The number of piperazine rings is 1. The highest BCUT2D eigenvalue weighted by molar-refractivity contribution is 7.12. The van der Waals surface area contributed by atoms with Crippen LogP contribution in [0.2, 0.25) is 0 Å². The van der Waals surface area contributed by atoms with Gasteiger partial charge in [0, 0.05) is 44.0 Å². The van der Waals surface area contributed by atoms with E-state index in [-0.39, 0.29) is 11.8 Å². The first-order valence-corrected chi connectivity index (χ1v) is 11.8. The van der Waals surface area contributed by atoms with E-state index >= 15 is 0 Å². The molecule has 2 amide bonds. The number of amides is 2. The van der Waals surface area contributed by atoms with Crippen LogP contribution < -0.4 is 5.32 Å². The van der Waals surface area contributed by atoms with Crippen LogP contribution in [0.1, 0.15) is 25.6 Å². The van der Waals surface area contributed by atoms with Gasteiger partial charge >= 0.3 is 12.1 Å². The Labute approximate surface area is 209 Å². The normalized spacial score (nSPS) is 13.9. The lowest BCUT2D eigenvalue weighted by Gasteiger charge is -2.34. The Morgan fingerprint density at radius 3 is 2.17 bits per heavy atom. The smallest absolute Gasteiger partial charge is 0.475 e. The number of carbonyl (C=O) groups is 3. The standard InChI is InChI=1S/C23H23N3O2S.C2HF3O2/c27-22(21-10-5-15-29-21)24-20-9-4-6-18(16-20)17-25-11-13-26(14-12-25)23(28)19-7-2-1-3-8-19;3-2(4,5)1(6)7/h1-10,15-16H,11-14,17H2,(H,24,27);(H,6,7). The summed E-state index contributed by atoms with van der Waals surface area (Å²) in [6, 6.07) is 21.1. The van der Waals surface area contributed by atoms with Gasteiger partial charge < -0.3 is 15.3 Å². The van der Waals surface area contributed by atoms with Crippen molar-refractivity contribution in [3.05, 3.63) is 88.1 Å². The van der Waals surface area contributed by atoms with Crippen molar-refractivity contribution in [2.45, 2.75) is 12.7 Å². The number of carboxylic acids is 1. The van der Waals surface area contributed by atoms with Gasteiger partial charge in [0.15, 0.2) is 0 Å². The molecule has 1 saturated heterocycles. The Hall–Kier alpha value is -3.70. The number of rotatable bonds is 5. The van der Waals surface area contributed by atoms with Crippen molar-refractivity contribution in [3.63, 3.8) is 0 Å². The number of carboxylic acid groups (broad SMARTS) is 1. The Bertz CT molecular complexity index is 1160. The predicted molar refractivity (Wildman–Crippen MR) is 130 cm³/mol. The minimum Gasteiger partial charge on any atom is -0.475 e. The quantitative estimate of drug-likeness (QED) is 0.515. The summed E-state index contributed by atoms with van der Waals surface area (Å²) in [5.41, 5.74) is 2.70. The summed E-state index contributed by atoms with van der Waals surface area (Å²) in [5, 5.41) is 12.0. The number of anilines is 1. The van der Waals surface area contributed by atoms with Crippen LogP contribution in [-0.2, 0) is 11.3 Å². The van der Waals surface area contributed by atoms with Gasteiger partial charge in [-0.3, -0.25) is 14.5 Å². The average Bonchev–Trinajstić information content (AvgIpc) is 3.40. The van der Waals surface area contributed by atoms with E-state index in [0.29, 0.717) is 4.88 Å². The maximum atomic E-state index is 12.6. The van der Waals surface area contributed by atoms with Crippen LogP contribution in [0, 0.1) is 0 Å². The van der Waals surface area contributed by atoms with Crippen molar-refractivity contribution in [2.24, 2.45) is 0 Å². The maximum absolute atomic E-state index is 12.6. The van der Waals surface area contributed by atoms with Gasteiger partial charge in [-0.15, -0.1) is 11.3 Å². The van der Waals surface area contributed by atoms with E-state index in [0.717, 1.165) is 49.5 Å². The number of hydrogen-bond donors (Lipinski definition) is 2. The third-order valence-corrected chi connectivity index (χ3v) is 6.13. The second-order valence-electron chi connectivity index (χ2n) is 7.87. The van der Waals surface area contributed by atoms with E-state index in [1.54, 1.807) is 0 Å². The second-order valence-corrected chi connectivity index (χ2v) is 8.82. The van der Waals surface area contributed by atoms with Gasteiger partial charge in [-0.05, 0) is 41.3 Å². The number of alkyl halides is 3. The van der Waals surface area contributed by atoms with Crippen molar-refractivity contribution < 1.29 is 32.7 Å². The molecule has 0 radical (unpaired) electrons. The van der Waals surface area contributed by atoms with E-state index in [1.165, 1.54) is 11.3 Å². The highest BCUT2D eigenvalue weighted by Crippen LogP contribution is 2.17. The fourth-order valence-corrected chi connectivity index (χ4v) is 4.10. The second kappa shape index (κ2) is 12.3. The molecule has 0 unspecified atom stereocenters. The molecule has 2 heterocycles. The summed E-state index contributed by atoms with van der Waals surface area (Å²) in [5.74, 6) is -2.73. The number of carbonyl (C=O) groups excluding carboxylic acids is 2. The number of halogens is 3. The Morgan fingerprint density at radius 1 is 0.917 bits per heavy atom. The molecule has 1 aliphatic heterocycles. The molecule has 11 heteroatoms. The summed E-state index contributed by atoms with van der Waals surface area (Å²) in [7, 11) is 0. The molecule has 4 rings (SSSR count). The SMILES string of the molecule is O=C(Nc1cccc(CN2CCN(C(=O)c3ccccc3)CC2)c1)c1cccs1.O=C(O)C(F)(F)F. The summed E-state index contributed by atoms with van der Waals surface area (Å²) in [6.07, 6.45) is -5.08. The van der Waals surface area contributed by atoms with E-state index in [9.17, 15) is 22.8 Å². The van der Waals surface area contributed by atoms with E-state index in [2.05, 4.69) is 16.3 Å². The Balaban J connectivity index is 0.000000454. The number of benzene rings is 2. The van der Waals surface area contributed by atoms with E-state index < -0.39 is 12.1 Å². The van der Waals surface area contributed by atoms with Crippen LogP contribution >= 0.6 is 11.3 Å². The van der Waals surface area contributed by atoms with Crippen LogP contribution in [-0.4, -0.2) is 65.0 Å². The molecule has 1 fully saturated rings. The van der Waals surface area contributed by atoms with Gasteiger partial charge in [0.1, 0.15) is 0 Å². The van der Waals surface area contributed by atoms with E-state index in [1.807, 2.05) is 70.9 Å². The highest BCUT2D eigenvalue weighted by Gasteiger charge is 2.38. The van der Waals surface area contributed by atoms with Gasteiger partial charge in [-0.25, -0.2) is 4.79 Å². The van der Waals surface area contributed by atoms with Crippen LogP contribution in [0.25, 0.3) is 0 Å². The van der Waals surface area contributed by atoms with Gasteiger partial charge in [0.2, 0.25) is 0 Å². The lowest BCUT2D eigenvalue weighted by atomic mass is 10.1. The molecular weight excluding hydrogens is 495 g/mol. The molecule has 7 nitrogen and oxygen atoms in total. The van der Waals surface area contributed by atoms with Gasteiger partial charge in [0.05, 0.1) is 4.88 Å². The molecule has 1 aromatic heterocycles. The molecule has 1 aliphatic rings. The van der Waals surface area contributed by atoms with Crippen molar-refractivity contribution >= 4 is 34.8 Å². The summed E-state index contributed by atoms with van der Waals surface area (Å²) >= 11 is 1.43. The molecule has 2 aromatic carbocycles. The number of nitrogens with zero attached hydrogens (tertiary/aromatic N) is 2. The molecule has 0 bridgehead atoms. The molecule has 3 aromatic rings. The molecular formula is C25H24F3N3O4S. The number of thiophene rings is 1. The monoisotopic (exact) mass is 519 g/mol. The van der Waals surface area contributed by atoms with Crippen LogP contribution in [0.5, 0.6) is 0 Å². The van der Waals surface area contributed by atoms with Crippen molar-refractivity contribution in [2.75, 3.05) is 31.5 Å². The number of nitrogens with one attached hydrogen (secondary N) is 1. The molecule has 0 saturated carbocycles. The van der Waals surface area contributed by atoms with Gasteiger partial charge in [0.25, 0.3) is 11.8 Å². The Morgan fingerprint density at radius 2 is 1.58 bits per heavy atom. The molecule has 0 spiro atoms. The van der Waals surface area contributed by atoms with Crippen LogP contribution in [0.15, 0.2) is 72.1 Å². The summed E-state index contributed by atoms with van der Waals surface area (Å²) in [4.78, 5) is 38.7. The average molecular weight is 520 g/mol. The first kappa shape index (κ1) is 26.9. The van der Waals surface area contributed by atoms with Crippen LogP contribution in [0.3, 0.4) is 0 Å². The molecule has 0 atom stereocenters. The largest absolute Gasteiger partial charge is 0.490 e. The fourth-order valence-electron chi connectivity index (χ4n) is 3.48. The number of hydrogen-bond acceptors (Lipinski definition) is 5. The zero-order valence-corrected chi connectivity index (χ0v) is 19.9.